The number of hydrogen-bond acceptors (Lipinski definition) is 5. The second-order valence-corrected chi connectivity index (χ2v) is 4.54. The molecule has 0 saturated heterocycles. The molecule has 0 amide bonds. The van der Waals surface area contributed by atoms with Crippen LogP contribution in [0.4, 0.5) is 11.6 Å². The van der Waals surface area contributed by atoms with Crippen molar-refractivity contribution in [1.82, 2.24) is 9.97 Å². The van der Waals surface area contributed by atoms with E-state index in [9.17, 15) is 0 Å². The number of anilines is 2. The Morgan fingerprint density at radius 3 is 2.56 bits per heavy atom. The lowest BCUT2D eigenvalue weighted by atomic mass is 10.1. The van der Waals surface area contributed by atoms with E-state index in [1.54, 1.807) is 12.4 Å². The molecule has 0 unspecified atom stereocenters. The molecule has 1 rings (SSSR count). The average molecular weight is 252 g/mol. The van der Waals surface area contributed by atoms with E-state index in [0.717, 1.165) is 37.8 Å². The molecule has 2 N–H and O–H groups in total. The molecular formula is C13H24N4O. The zero-order valence-electron chi connectivity index (χ0n) is 11.6. The number of aromatic nitrogens is 2. The minimum atomic E-state index is 0.694. The van der Waals surface area contributed by atoms with Gasteiger partial charge in [-0.2, -0.15) is 0 Å². The van der Waals surface area contributed by atoms with Gasteiger partial charge in [-0.25, -0.2) is 4.98 Å². The first-order chi connectivity index (χ1) is 8.72. The summed E-state index contributed by atoms with van der Waals surface area (Å²) in [6, 6.07) is 0. The average Bonchev–Trinajstić information content (AvgIpc) is 2.34. The topological polar surface area (TPSA) is 59.1 Å². The molecule has 1 aromatic rings. The van der Waals surface area contributed by atoms with Crippen LogP contribution in [0.2, 0.25) is 0 Å². The minimum Gasteiger partial charge on any atom is -0.380 e. The van der Waals surface area contributed by atoms with E-state index in [0.29, 0.717) is 12.5 Å². The van der Waals surface area contributed by atoms with Gasteiger partial charge in [0.2, 0.25) is 0 Å². The van der Waals surface area contributed by atoms with Crippen molar-refractivity contribution in [2.45, 2.75) is 27.2 Å². The Kier molecular flexibility index (Phi) is 7.10. The standard InChI is InChI=1S/C13H24N4O/c1-4-15-12-9-14-10-13(17-12)16-6-8-18-7-5-11(2)3/h9-11H,4-8H2,1-3H3,(H2,15,16,17). The molecule has 0 saturated carbocycles. The minimum absolute atomic E-state index is 0.694. The second-order valence-electron chi connectivity index (χ2n) is 4.54. The van der Waals surface area contributed by atoms with Crippen molar-refractivity contribution < 1.29 is 4.74 Å². The molecule has 0 aliphatic carbocycles. The van der Waals surface area contributed by atoms with Crippen LogP contribution >= 0.6 is 0 Å². The van der Waals surface area contributed by atoms with E-state index in [2.05, 4.69) is 34.4 Å². The van der Waals surface area contributed by atoms with Crippen molar-refractivity contribution >= 4 is 11.6 Å². The molecule has 0 radical (unpaired) electrons. The molecule has 0 aliphatic heterocycles. The molecule has 0 atom stereocenters. The molecular weight excluding hydrogens is 228 g/mol. The van der Waals surface area contributed by atoms with Crippen molar-refractivity contribution in [1.29, 1.82) is 0 Å². The van der Waals surface area contributed by atoms with Crippen LogP contribution in [0, 0.1) is 5.92 Å². The maximum Gasteiger partial charge on any atom is 0.147 e. The summed E-state index contributed by atoms with van der Waals surface area (Å²) in [7, 11) is 0. The van der Waals surface area contributed by atoms with Crippen molar-refractivity contribution in [3.05, 3.63) is 12.4 Å². The second kappa shape index (κ2) is 8.69. The quantitative estimate of drug-likeness (QED) is 0.661. The first-order valence-electron chi connectivity index (χ1n) is 6.60. The first kappa shape index (κ1) is 14.7. The van der Waals surface area contributed by atoms with E-state index < -0.39 is 0 Å². The summed E-state index contributed by atoms with van der Waals surface area (Å²) in [5.41, 5.74) is 0. The number of ether oxygens (including phenoxy) is 1. The zero-order chi connectivity index (χ0) is 13.2. The Morgan fingerprint density at radius 1 is 1.17 bits per heavy atom. The maximum atomic E-state index is 5.52. The summed E-state index contributed by atoms with van der Waals surface area (Å²) in [6.45, 7) is 9.54. The summed E-state index contributed by atoms with van der Waals surface area (Å²) in [5, 5.41) is 6.32. The van der Waals surface area contributed by atoms with Gasteiger partial charge in [-0.05, 0) is 19.3 Å². The van der Waals surface area contributed by atoms with Gasteiger partial charge in [0.15, 0.2) is 0 Å². The van der Waals surface area contributed by atoms with Crippen molar-refractivity contribution in [3.8, 4) is 0 Å². The van der Waals surface area contributed by atoms with Crippen LogP contribution in [0.1, 0.15) is 27.2 Å². The SMILES string of the molecule is CCNc1cncc(NCCOCCC(C)C)n1. The lowest BCUT2D eigenvalue weighted by Crippen LogP contribution is -2.12. The monoisotopic (exact) mass is 252 g/mol. The van der Waals surface area contributed by atoms with Gasteiger partial charge < -0.3 is 15.4 Å². The molecule has 0 fully saturated rings. The highest BCUT2D eigenvalue weighted by atomic mass is 16.5. The van der Waals surface area contributed by atoms with Gasteiger partial charge in [-0.1, -0.05) is 13.8 Å². The molecule has 0 aliphatic rings. The van der Waals surface area contributed by atoms with E-state index in [1.807, 2.05) is 6.92 Å². The fourth-order valence-electron chi connectivity index (χ4n) is 1.39. The van der Waals surface area contributed by atoms with Gasteiger partial charge in [0.1, 0.15) is 11.6 Å². The van der Waals surface area contributed by atoms with Crippen molar-refractivity contribution in [2.24, 2.45) is 5.92 Å². The molecule has 5 heteroatoms. The Bertz CT molecular complexity index is 331. The number of rotatable bonds is 9. The largest absolute Gasteiger partial charge is 0.380 e. The molecule has 5 nitrogen and oxygen atoms in total. The summed E-state index contributed by atoms with van der Waals surface area (Å²) in [6.07, 6.45) is 4.54. The Morgan fingerprint density at radius 2 is 1.89 bits per heavy atom. The van der Waals surface area contributed by atoms with Gasteiger partial charge in [0, 0.05) is 19.7 Å². The molecule has 1 heterocycles. The van der Waals surface area contributed by atoms with Gasteiger partial charge in [0.05, 0.1) is 19.0 Å². The molecule has 18 heavy (non-hydrogen) atoms. The van der Waals surface area contributed by atoms with E-state index >= 15 is 0 Å². The number of nitrogens with zero attached hydrogens (tertiary/aromatic N) is 2. The maximum absolute atomic E-state index is 5.52. The van der Waals surface area contributed by atoms with E-state index in [1.165, 1.54) is 0 Å². The molecule has 0 aromatic carbocycles. The fourth-order valence-corrected chi connectivity index (χ4v) is 1.39. The smallest absolute Gasteiger partial charge is 0.147 e. The third-order valence-corrected chi connectivity index (χ3v) is 2.38. The molecule has 0 spiro atoms. The lowest BCUT2D eigenvalue weighted by Gasteiger charge is -2.09. The van der Waals surface area contributed by atoms with Crippen molar-refractivity contribution in [2.75, 3.05) is 36.9 Å². The number of hydrogen-bond donors (Lipinski definition) is 2. The summed E-state index contributed by atoms with van der Waals surface area (Å²) in [4.78, 5) is 8.48. The van der Waals surface area contributed by atoms with E-state index in [-0.39, 0.29) is 0 Å². The predicted molar refractivity (Wildman–Crippen MR) is 75.0 cm³/mol. The Labute approximate surface area is 109 Å². The van der Waals surface area contributed by atoms with Gasteiger partial charge in [-0.3, -0.25) is 4.98 Å². The van der Waals surface area contributed by atoms with Crippen LogP contribution in [0.3, 0.4) is 0 Å². The van der Waals surface area contributed by atoms with Crippen LogP contribution in [0.15, 0.2) is 12.4 Å². The number of nitrogens with one attached hydrogen (secondary N) is 2. The van der Waals surface area contributed by atoms with Crippen LogP contribution in [-0.4, -0.2) is 36.3 Å². The third-order valence-electron chi connectivity index (χ3n) is 2.38. The Balaban J connectivity index is 2.16. The highest BCUT2D eigenvalue weighted by Crippen LogP contribution is 2.05. The first-order valence-corrected chi connectivity index (χ1v) is 6.60. The molecule has 1 aromatic heterocycles. The van der Waals surface area contributed by atoms with Crippen LogP contribution in [0.5, 0.6) is 0 Å². The lowest BCUT2D eigenvalue weighted by molar-refractivity contribution is 0.132. The van der Waals surface area contributed by atoms with Crippen molar-refractivity contribution in [3.63, 3.8) is 0 Å². The van der Waals surface area contributed by atoms with E-state index in [4.69, 9.17) is 4.74 Å². The predicted octanol–water partition coefficient (Wildman–Crippen LogP) is 2.38. The molecule has 0 bridgehead atoms. The van der Waals surface area contributed by atoms with Crippen LogP contribution < -0.4 is 10.6 Å². The summed E-state index contributed by atoms with van der Waals surface area (Å²) >= 11 is 0. The van der Waals surface area contributed by atoms with Gasteiger partial charge >= 0.3 is 0 Å². The Hall–Kier alpha value is -1.36. The third kappa shape index (κ3) is 6.39. The van der Waals surface area contributed by atoms with Crippen LogP contribution in [-0.2, 0) is 4.74 Å². The fraction of sp³-hybridized carbons (Fsp3) is 0.692. The molecule has 102 valence electrons. The normalized spacial score (nSPS) is 10.7. The summed E-state index contributed by atoms with van der Waals surface area (Å²) in [5.74, 6) is 2.27. The summed E-state index contributed by atoms with van der Waals surface area (Å²) < 4.78 is 5.52. The zero-order valence-corrected chi connectivity index (χ0v) is 11.6. The van der Waals surface area contributed by atoms with Gasteiger partial charge in [-0.15, -0.1) is 0 Å². The van der Waals surface area contributed by atoms with Gasteiger partial charge in [0.25, 0.3) is 0 Å². The highest BCUT2D eigenvalue weighted by molar-refractivity contribution is 5.41. The highest BCUT2D eigenvalue weighted by Gasteiger charge is 1.97. The van der Waals surface area contributed by atoms with Crippen LogP contribution in [0.25, 0.3) is 0 Å².